The van der Waals surface area contributed by atoms with Crippen LogP contribution in [0.25, 0.3) is 0 Å². The average molecular weight is 575 g/mol. The molecule has 0 fully saturated rings. The Morgan fingerprint density at radius 1 is 1.05 bits per heavy atom. The van der Waals surface area contributed by atoms with Crippen LogP contribution in [0.2, 0.25) is 0 Å². The minimum absolute atomic E-state index is 0.0429. The van der Waals surface area contributed by atoms with Gasteiger partial charge in [-0.25, -0.2) is 9.97 Å². The summed E-state index contributed by atoms with van der Waals surface area (Å²) in [7, 11) is 1.62. The summed E-state index contributed by atoms with van der Waals surface area (Å²) in [5.41, 5.74) is 3.18. The minimum Gasteiger partial charge on any atom is -0.497 e. The van der Waals surface area contributed by atoms with E-state index in [1.165, 1.54) is 11.8 Å². The Kier molecular flexibility index (Phi) is 9.08. The Bertz CT molecular complexity index is 1410. The molecular weight excluding hydrogens is 540 g/mol. The standard InChI is InChI=1S/C31H34N4O5S/c1-20-15-21(2)33-31(32-20)41-18-28(36)35(17-22-9-12-25(38-3)13-10-22)29(23-7-5-4-6-8-23)30(37)34-24-11-14-26-27(16-24)40-19-39-26/h4-5,9-16,23,29H,6-8,17-19H2,1-3H3,(H,34,37)/t23-,29-/m0/s1. The van der Waals surface area contributed by atoms with Crippen molar-refractivity contribution in [3.8, 4) is 17.2 Å². The first-order valence-corrected chi connectivity index (χ1v) is 14.6. The van der Waals surface area contributed by atoms with Gasteiger partial charge in [0, 0.05) is 29.7 Å². The molecule has 2 heterocycles. The first-order valence-electron chi connectivity index (χ1n) is 13.6. The SMILES string of the molecule is COc1ccc(CN(C(=O)CSc2nc(C)cc(C)n2)[C@H](C(=O)Nc2ccc3c(c2)OCO3)[C@H]2CC=CCC2)cc1. The van der Waals surface area contributed by atoms with Crippen molar-refractivity contribution in [3.63, 3.8) is 0 Å². The van der Waals surface area contributed by atoms with Crippen LogP contribution in [0.5, 0.6) is 17.2 Å². The molecule has 2 aliphatic rings. The molecule has 5 rings (SSSR count). The highest BCUT2D eigenvalue weighted by Crippen LogP contribution is 2.35. The van der Waals surface area contributed by atoms with Gasteiger partial charge >= 0.3 is 0 Å². The molecule has 1 aliphatic carbocycles. The highest BCUT2D eigenvalue weighted by Gasteiger charge is 2.37. The summed E-state index contributed by atoms with van der Waals surface area (Å²) < 4.78 is 16.2. The molecule has 2 aromatic carbocycles. The van der Waals surface area contributed by atoms with E-state index in [0.717, 1.165) is 35.5 Å². The number of hydrogen-bond acceptors (Lipinski definition) is 8. The molecule has 1 N–H and O–H groups in total. The molecule has 0 saturated heterocycles. The van der Waals surface area contributed by atoms with Crippen LogP contribution in [0.3, 0.4) is 0 Å². The van der Waals surface area contributed by atoms with Gasteiger partial charge in [0.2, 0.25) is 18.6 Å². The summed E-state index contributed by atoms with van der Waals surface area (Å²) in [6.45, 7) is 4.24. The van der Waals surface area contributed by atoms with Crippen molar-refractivity contribution in [3.05, 3.63) is 77.6 Å². The maximum absolute atomic E-state index is 14.1. The number of amides is 2. The number of anilines is 1. The largest absolute Gasteiger partial charge is 0.497 e. The summed E-state index contributed by atoms with van der Waals surface area (Å²) >= 11 is 1.29. The van der Waals surface area contributed by atoms with Crippen LogP contribution in [-0.2, 0) is 16.1 Å². The first kappa shape index (κ1) is 28.5. The molecule has 0 unspecified atom stereocenters. The van der Waals surface area contributed by atoms with Crippen molar-refractivity contribution in [2.24, 2.45) is 5.92 Å². The van der Waals surface area contributed by atoms with Gasteiger partial charge in [-0.1, -0.05) is 36.0 Å². The van der Waals surface area contributed by atoms with Crippen LogP contribution >= 0.6 is 11.8 Å². The lowest BCUT2D eigenvalue weighted by Crippen LogP contribution is -2.51. The van der Waals surface area contributed by atoms with Crippen molar-refractivity contribution in [2.45, 2.75) is 50.9 Å². The lowest BCUT2D eigenvalue weighted by molar-refractivity contribution is -0.139. The Labute approximate surface area is 244 Å². The number of aromatic nitrogens is 2. The molecule has 0 radical (unpaired) electrons. The normalized spacial score (nSPS) is 16.2. The number of carbonyl (C=O) groups is 2. The molecule has 0 saturated carbocycles. The number of benzene rings is 2. The second-order valence-corrected chi connectivity index (χ2v) is 11.1. The molecule has 1 aromatic heterocycles. The molecule has 0 spiro atoms. The summed E-state index contributed by atoms with van der Waals surface area (Å²) in [6.07, 6.45) is 6.60. The van der Waals surface area contributed by atoms with Crippen molar-refractivity contribution in [1.82, 2.24) is 14.9 Å². The molecule has 10 heteroatoms. The molecule has 41 heavy (non-hydrogen) atoms. The second-order valence-electron chi connectivity index (χ2n) is 10.1. The van der Waals surface area contributed by atoms with Gasteiger partial charge in [0.25, 0.3) is 0 Å². The number of ether oxygens (including phenoxy) is 3. The highest BCUT2D eigenvalue weighted by molar-refractivity contribution is 7.99. The molecule has 9 nitrogen and oxygen atoms in total. The first-order chi connectivity index (χ1) is 19.9. The molecule has 1 aliphatic heterocycles. The fraction of sp³-hybridized carbons (Fsp3) is 0.355. The number of nitrogens with zero attached hydrogens (tertiary/aromatic N) is 3. The smallest absolute Gasteiger partial charge is 0.247 e. The summed E-state index contributed by atoms with van der Waals surface area (Å²) in [5.74, 6) is 1.61. The maximum atomic E-state index is 14.1. The van der Waals surface area contributed by atoms with E-state index in [9.17, 15) is 9.59 Å². The van der Waals surface area contributed by atoms with Gasteiger partial charge in [-0.15, -0.1) is 0 Å². The van der Waals surface area contributed by atoms with Crippen LogP contribution < -0.4 is 19.5 Å². The van der Waals surface area contributed by atoms with E-state index in [0.29, 0.717) is 28.8 Å². The van der Waals surface area contributed by atoms with Crippen LogP contribution in [0.1, 0.15) is 36.2 Å². The molecule has 2 atom stereocenters. The predicted octanol–water partition coefficient (Wildman–Crippen LogP) is 5.32. The van der Waals surface area contributed by atoms with Crippen molar-refractivity contribution in [2.75, 3.05) is 25.0 Å². The molecule has 3 aromatic rings. The van der Waals surface area contributed by atoms with E-state index >= 15 is 0 Å². The minimum atomic E-state index is -0.694. The van der Waals surface area contributed by atoms with Gasteiger partial charge < -0.3 is 24.4 Å². The Hall–Kier alpha value is -4.05. The van der Waals surface area contributed by atoms with E-state index in [2.05, 4.69) is 27.4 Å². The zero-order valence-corrected chi connectivity index (χ0v) is 24.3. The van der Waals surface area contributed by atoms with Gasteiger partial charge in [-0.05, 0) is 74.9 Å². The van der Waals surface area contributed by atoms with Gasteiger partial charge in [-0.2, -0.15) is 0 Å². The summed E-state index contributed by atoms with van der Waals surface area (Å²) in [6, 6.07) is 14.1. The monoisotopic (exact) mass is 574 g/mol. The highest BCUT2D eigenvalue weighted by atomic mass is 32.2. The number of hydrogen-bond donors (Lipinski definition) is 1. The molecular formula is C31H34N4O5S. The number of methoxy groups -OCH3 is 1. The van der Waals surface area contributed by atoms with Crippen molar-refractivity contribution < 1.29 is 23.8 Å². The van der Waals surface area contributed by atoms with Crippen LogP contribution in [0, 0.1) is 19.8 Å². The number of fused-ring (bicyclic) bond motifs is 1. The topological polar surface area (TPSA) is 103 Å². The second kappa shape index (κ2) is 13.1. The van der Waals surface area contributed by atoms with Crippen LogP contribution in [0.4, 0.5) is 5.69 Å². The third-order valence-electron chi connectivity index (χ3n) is 7.12. The fourth-order valence-electron chi connectivity index (χ4n) is 5.14. The Morgan fingerprint density at radius 3 is 2.51 bits per heavy atom. The molecule has 0 bridgehead atoms. The third kappa shape index (κ3) is 7.18. The number of rotatable bonds is 10. The Balaban J connectivity index is 1.44. The lowest BCUT2D eigenvalue weighted by atomic mass is 9.86. The van der Waals surface area contributed by atoms with Crippen molar-refractivity contribution >= 4 is 29.3 Å². The van der Waals surface area contributed by atoms with Gasteiger partial charge in [-0.3, -0.25) is 9.59 Å². The van der Waals surface area contributed by atoms with E-state index in [1.807, 2.05) is 44.2 Å². The lowest BCUT2D eigenvalue weighted by Gasteiger charge is -2.37. The average Bonchev–Trinajstić information content (AvgIpc) is 3.44. The number of aryl methyl sites for hydroxylation is 2. The number of carbonyl (C=O) groups excluding carboxylic acids is 2. The van der Waals surface area contributed by atoms with Crippen molar-refractivity contribution in [1.29, 1.82) is 0 Å². The zero-order valence-electron chi connectivity index (χ0n) is 23.5. The molecule has 2 amide bonds. The fourth-order valence-corrected chi connectivity index (χ4v) is 5.98. The van der Waals surface area contributed by atoms with E-state index in [1.54, 1.807) is 30.2 Å². The van der Waals surface area contributed by atoms with Gasteiger partial charge in [0.05, 0.1) is 12.9 Å². The van der Waals surface area contributed by atoms with Crippen LogP contribution in [-0.4, -0.2) is 52.4 Å². The number of nitrogens with one attached hydrogen (secondary N) is 1. The van der Waals surface area contributed by atoms with Crippen LogP contribution in [0.15, 0.2) is 65.8 Å². The van der Waals surface area contributed by atoms with Gasteiger partial charge in [0.1, 0.15) is 11.8 Å². The van der Waals surface area contributed by atoms with Gasteiger partial charge in [0.15, 0.2) is 16.7 Å². The molecule has 214 valence electrons. The zero-order chi connectivity index (χ0) is 28.8. The number of allylic oxidation sites excluding steroid dienone is 2. The quantitative estimate of drug-likeness (QED) is 0.197. The third-order valence-corrected chi connectivity index (χ3v) is 7.95. The number of thioether (sulfide) groups is 1. The maximum Gasteiger partial charge on any atom is 0.247 e. The summed E-state index contributed by atoms with van der Waals surface area (Å²) in [5, 5.41) is 3.60. The Morgan fingerprint density at radius 2 is 1.80 bits per heavy atom. The van der Waals surface area contributed by atoms with E-state index in [-0.39, 0.29) is 36.8 Å². The summed E-state index contributed by atoms with van der Waals surface area (Å²) in [4.78, 5) is 38.7. The van der Waals surface area contributed by atoms with E-state index < -0.39 is 6.04 Å². The van der Waals surface area contributed by atoms with E-state index in [4.69, 9.17) is 14.2 Å². The predicted molar refractivity (Wildman–Crippen MR) is 157 cm³/mol.